The van der Waals surface area contributed by atoms with Crippen LogP contribution in [0.5, 0.6) is 0 Å². The van der Waals surface area contributed by atoms with Crippen LogP contribution in [0.25, 0.3) is 19.3 Å². The van der Waals surface area contributed by atoms with Gasteiger partial charge >= 0.3 is 108 Å². The van der Waals surface area contributed by atoms with E-state index in [0.29, 0.717) is 29.0 Å². The predicted molar refractivity (Wildman–Crippen MR) is 74.3 cm³/mol. The summed E-state index contributed by atoms with van der Waals surface area (Å²) in [6, 6.07) is 4.94. The summed E-state index contributed by atoms with van der Waals surface area (Å²) in [5.74, 6) is 0. The number of rotatable bonds is 0. The maximum absolute atomic E-state index is 2.47. The first kappa shape index (κ1) is 10.9. The SMILES string of the molecule is Cc1[se]c2cc3c(C)c(C)[se]c3cc2c1C. The van der Waals surface area contributed by atoms with Crippen molar-refractivity contribution in [2.45, 2.75) is 27.7 Å². The molecule has 3 rings (SSSR count). The van der Waals surface area contributed by atoms with Crippen LogP contribution >= 0.6 is 0 Å². The Morgan fingerprint density at radius 2 is 1.06 bits per heavy atom. The Kier molecular flexibility index (Phi) is 2.46. The van der Waals surface area contributed by atoms with Crippen LogP contribution in [0.4, 0.5) is 0 Å². The number of aryl methyl sites for hydroxylation is 4. The Labute approximate surface area is 108 Å². The minimum absolute atomic E-state index is 0.582. The first-order chi connectivity index (χ1) is 7.58. The number of hydrogen-bond acceptors (Lipinski definition) is 0. The summed E-state index contributed by atoms with van der Waals surface area (Å²) in [4.78, 5) is 0. The van der Waals surface area contributed by atoms with Crippen LogP contribution in [0, 0.1) is 27.7 Å². The quantitative estimate of drug-likeness (QED) is 0.551. The van der Waals surface area contributed by atoms with Gasteiger partial charge in [-0.3, -0.25) is 0 Å². The summed E-state index contributed by atoms with van der Waals surface area (Å²) in [6.07, 6.45) is 0. The molecule has 0 bridgehead atoms. The van der Waals surface area contributed by atoms with Crippen molar-refractivity contribution in [1.29, 1.82) is 0 Å². The van der Waals surface area contributed by atoms with Crippen LogP contribution in [0.2, 0.25) is 0 Å². The average molecular weight is 340 g/mol. The topological polar surface area (TPSA) is 0 Å². The average Bonchev–Trinajstić information content (AvgIpc) is 2.67. The molecule has 0 aliphatic heterocycles. The molecule has 0 unspecified atom stereocenters. The molecule has 0 nitrogen and oxygen atoms in total. The van der Waals surface area contributed by atoms with Crippen molar-refractivity contribution in [2.24, 2.45) is 0 Å². The van der Waals surface area contributed by atoms with E-state index >= 15 is 0 Å². The van der Waals surface area contributed by atoms with Gasteiger partial charge in [-0.25, -0.2) is 0 Å². The van der Waals surface area contributed by atoms with E-state index < -0.39 is 0 Å². The molecular formula is C14H14Se2. The zero-order valence-electron chi connectivity index (χ0n) is 9.97. The molecule has 2 heteroatoms. The molecule has 0 amide bonds. The standard InChI is InChI=1S/C14H14Se2/c1-7-9(3)15-13-6-12-8(2)10(4)16-14(12)5-11(7)13/h5-6H,1-4H3. The summed E-state index contributed by atoms with van der Waals surface area (Å²) < 4.78 is 6.42. The van der Waals surface area contributed by atoms with Gasteiger partial charge in [-0.2, -0.15) is 0 Å². The van der Waals surface area contributed by atoms with Crippen LogP contribution in [-0.4, -0.2) is 29.0 Å². The monoisotopic (exact) mass is 342 g/mol. The Hall–Kier alpha value is -0.261. The molecular weight excluding hydrogens is 326 g/mol. The van der Waals surface area contributed by atoms with Gasteiger partial charge in [-0.1, -0.05) is 0 Å². The fourth-order valence-corrected chi connectivity index (χ4v) is 6.76. The van der Waals surface area contributed by atoms with Gasteiger partial charge in [0.05, 0.1) is 0 Å². The van der Waals surface area contributed by atoms with Crippen molar-refractivity contribution in [2.75, 3.05) is 0 Å². The summed E-state index contributed by atoms with van der Waals surface area (Å²) in [6.45, 7) is 9.15. The normalized spacial score (nSPS) is 11.8. The molecule has 0 aliphatic rings. The van der Waals surface area contributed by atoms with Crippen molar-refractivity contribution in [3.05, 3.63) is 32.1 Å². The van der Waals surface area contributed by atoms with E-state index in [4.69, 9.17) is 0 Å². The molecule has 1 aromatic carbocycles. The molecule has 0 radical (unpaired) electrons. The third-order valence-corrected chi connectivity index (χ3v) is 8.38. The molecule has 0 saturated heterocycles. The fraction of sp³-hybridized carbons (Fsp3) is 0.286. The first-order valence-electron chi connectivity index (χ1n) is 5.47. The van der Waals surface area contributed by atoms with Crippen LogP contribution in [0.1, 0.15) is 20.0 Å². The van der Waals surface area contributed by atoms with E-state index in [2.05, 4.69) is 39.8 Å². The Morgan fingerprint density at radius 1 is 0.688 bits per heavy atom. The molecule has 0 atom stereocenters. The second kappa shape index (κ2) is 3.62. The van der Waals surface area contributed by atoms with Crippen molar-refractivity contribution >= 4 is 48.3 Å². The van der Waals surface area contributed by atoms with Gasteiger partial charge in [0.2, 0.25) is 0 Å². The van der Waals surface area contributed by atoms with Crippen molar-refractivity contribution in [3.63, 3.8) is 0 Å². The Balaban J connectivity index is 2.52. The van der Waals surface area contributed by atoms with Gasteiger partial charge in [-0.05, 0) is 0 Å². The van der Waals surface area contributed by atoms with Gasteiger partial charge in [0.1, 0.15) is 0 Å². The Morgan fingerprint density at radius 3 is 1.44 bits per heavy atom. The van der Waals surface area contributed by atoms with Crippen LogP contribution in [0.15, 0.2) is 12.1 Å². The summed E-state index contributed by atoms with van der Waals surface area (Å²) in [7, 11) is 0. The zero-order valence-corrected chi connectivity index (χ0v) is 13.4. The molecule has 0 aliphatic carbocycles. The van der Waals surface area contributed by atoms with E-state index in [1.54, 1.807) is 28.2 Å². The molecule has 0 spiro atoms. The third-order valence-electron chi connectivity index (χ3n) is 3.47. The van der Waals surface area contributed by atoms with Crippen LogP contribution in [0.3, 0.4) is 0 Å². The second-order valence-electron chi connectivity index (χ2n) is 4.41. The van der Waals surface area contributed by atoms with Gasteiger partial charge < -0.3 is 0 Å². The molecule has 16 heavy (non-hydrogen) atoms. The summed E-state index contributed by atoms with van der Waals surface area (Å²) in [5, 5.41) is 3.08. The van der Waals surface area contributed by atoms with E-state index in [0.717, 1.165) is 0 Å². The molecule has 3 aromatic rings. The zero-order chi connectivity index (χ0) is 11.4. The summed E-state index contributed by atoms with van der Waals surface area (Å²) >= 11 is 1.16. The second-order valence-corrected chi connectivity index (χ2v) is 9.68. The first-order valence-corrected chi connectivity index (χ1v) is 8.90. The van der Waals surface area contributed by atoms with Crippen LogP contribution < -0.4 is 0 Å². The van der Waals surface area contributed by atoms with Crippen molar-refractivity contribution in [1.82, 2.24) is 0 Å². The van der Waals surface area contributed by atoms with Crippen molar-refractivity contribution in [3.8, 4) is 0 Å². The van der Waals surface area contributed by atoms with Gasteiger partial charge in [0.15, 0.2) is 0 Å². The predicted octanol–water partition coefficient (Wildman–Crippen LogP) is 3.34. The van der Waals surface area contributed by atoms with E-state index in [1.165, 1.54) is 11.1 Å². The molecule has 2 aromatic heterocycles. The molecule has 82 valence electrons. The maximum atomic E-state index is 2.47. The molecule has 0 saturated carbocycles. The minimum atomic E-state index is 0.582. The number of hydrogen-bond donors (Lipinski definition) is 0. The van der Waals surface area contributed by atoms with Gasteiger partial charge in [0.25, 0.3) is 0 Å². The summed E-state index contributed by atoms with van der Waals surface area (Å²) in [5.41, 5.74) is 3.08. The molecule has 0 N–H and O–H groups in total. The van der Waals surface area contributed by atoms with E-state index in [1.807, 2.05) is 0 Å². The molecule has 0 fully saturated rings. The molecule has 2 heterocycles. The van der Waals surface area contributed by atoms with Gasteiger partial charge in [-0.15, -0.1) is 0 Å². The number of benzene rings is 1. The van der Waals surface area contributed by atoms with Crippen molar-refractivity contribution < 1.29 is 0 Å². The van der Waals surface area contributed by atoms with E-state index in [9.17, 15) is 0 Å². The third kappa shape index (κ3) is 1.41. The van der Waals surface area contributed by atoms with Crippen LogP contribution in [-0.2, 0) is 0 Å². The fourth-order valence-electron chi connectivity index (χ4n) is 2.18. The van der Waals surface area contributed by atoms with Gasteiger partial charge in [0, 0.05) is 0 Å². The van der Waals surface area contributed by atoms with E-state index in [-0.39, 0.29) is 0 Å². The Bertz CT molecular complexity index is 636. The number of fused-ring (bicyclic) bond motifs is 2.